The van der Waals surface area contributed by atoms with E-state index in [9.17, 15) is 13.2 Å². The van der Waals surface area contributed by atoms with E-state index in [1.54, 1.807) is 18.2 Å². The number of halogens is 3. The Morgan fingerprint density at radius 1 is 1.05 bits per heavy atom. The highest BCUT2D eigenvalue weighted by Crippen LogP contribution is 2.34. The first-order chi connectivity index (χ1) is 8.86. The lowest BCUT2D eigenvalue weighted by molar-refractivity contribution is -0.137. The molecule has 0 saturated heterocycles. The summed E-state index contributed by atoms with van der Waals surface area (Å²) in [5.41, 5.74) is 6.33. The molecule has 0 aliphatic rings. The number of rotatable bonds is 2. The van der Waals surface area contributed by atoms with Crippen molar-refractivity contribution in [1.82, 2.24) is 0 Å². The Labute approximate surface area is 108 Å². The molecule has 0 unspecified atom stereocenters. The van der Waals surface area contributed by atoms with Gasteiger partial charge in [0.25, 0.3) is 0 Å². The maximum atomic E-state index is 12.6. The number of hydrogen-bond acceptors (Lipinski definition) is 2. The molecule has 2 aromatic rings. The van der Waals surface area contributed by atoms with E-state index in [0.717, 1.165) is 17.7 Å². The third-order valence-electron chi connectivity index (χ3n) is 2.55. The SMILES string of the molecule is Cc1ccc(Oc2cccc(C(F)(F)F)c2)c(N)c1. The van der Waals surface area contributed by atoms with Crippen LogP contribution in [0.4, 0.5) is 18.9 Å². The smallest absolute Gasteiger partial charge is 0.416 e. The minimum atomic E-state index is -4.39. The van der Waals surface area contributed by atoms with Crippen molar-refractivity contribution in [2.75, 3.05) is 5.73 Å². The highest BCUT2D eigenvalue weighted by Gasteiger charge is 2.30. The van der Waals surface area contributed by atoms with Crippen LogP contribution in [-0.2, 0) is 6.18 Å². The molecule has 0 spiro atoms. The Morgan fingerprint density at radius 3 is 2.42 bits per heavy atom. The van der Waals surface area contributed by atoms with Gasteiger partial charge in [-0.25, -0.2) is 0 Å². The lowest BCUT2D eigenvalue weighted by atomic mass is 10.2. The second-order valence-corrected chi connectivity index (χ2v) is 4.17. The van der Waals surface area contributed by atoms with Crippen molar-refractivity contribution < 1.29 is 17.9 Å². The molecule has 2 N–H and O–H groups in total. The minimum absolute atomic E-state index is 0.102. The number of nitrogen functional groups attached to an aromatic ring is 1. The second-order valence-electron chi connectivity index (χ2n) is 4.17. The minimum Gasteiger partial charge on any atom is -0.455 e. The highest BCUT2D eigenvalue weighted by atomic mass is 19.4. The largest absolute Gasteiger partial charge is 0.455 e. The van der Waals surface area contributed by atoms with Gasteiger partial charge in [0, 0.05) is 0 Å². The predicted molar refractivity (Wildman–Crippen MR) is 67.1 cm³/mol. The lowest BCUT2D eigenvalue weighted by Gasteiger charge is -2.11. The van der Waals surface area contributed by atoms with Crippen LogP contribution in [0.15, 0.2) is 42.5 Å². The molecule has 0 bridgehead atoms. The van der Waals surface area contributed by atoms with E-state index < -0.39 is 11.7 Å². The van der Waals surface area contributed by atoms with Gasteiger partial charge in [-0.15, -0.1) is 0 Å². The molecule has 0 aromatic heterocycles. The summed E-state index contributed by atoms with van der Waals surface area (Å²) in [7, 11) is 0. The van der Waals surface area contributed by atoms with Crippen LogP contribution in [0.5, 0.6) is 11.5 Å². The van der Waals surface area contributed by atoms with E-state index in [1.165, 1.54) is 12.1 Å². The van der Waals surface area contributed by atoms with Crippen LogP contribution in [0.2, 0.25) is 0 Å². The van der Waals surface area contributed by atoms with Gasteiger partial charge in [-0.2, -0.15) is 13.2 Å². The highest BCUT2D eigenvalue weighted by molar-refractivity contribution is 5.55. The summed E-state index contributed by atoms with van der Waals surface area (Å²) in [6.07, 6.45) is -4.39. The molecule has 0 aliphatic carbocycles. The zero-order chi connectivity index (χ0) is 14.0. The summed E-state index contributed by atoms with van der Waals surface area (Å²) in [6, 6.07) is 9.79. The van der Waals surface area contributed by atoms with Gasteiger partial charge in [-0.05, 0) is 42.8 Å². The number of hydrogen-bond donors (Lipinski definition) is 1. The van der Waals surface area contributed by atoms with E-state index >= 15 is 0 Å². The molecule has 0 atom stereocenters. The molecular weight excluding hydrogens is 255 g/mol. The normalized spacial score (nSPS) is 11.4. The van der Waals surface area contributed by atoms with Crippen molar-refractivity contribution in [1.29, 1.82) is 0 Å². The van der Waals surface area contributed by atoms with Crippen LogP contribution in [0.25, 0.3) is 0 Å². The van der Waals surface area contributed by atoms with Crippen molar-refractivity contribution in [2.45, 2.75) is 13.1 Å². The molecule has 0 aliphatic heterocycles. The van der Waals surface area contributed by atoms with Crippen LogP contribution in [-0.4, -0.2) is 0 Å². The van der Waals surface area contributed by atoms with E-state index in [4.69, 9.17) is 10.5 Å². The number of benzene rings is 2. The zero-order valence-corrected chi connectivity index (χ0v) is 10.2. The Kier molecular flexibility index (Phi) is 3.38. The van der Waals surface area contributed by atoms with Crippen LogP contribution < -0.4 is 10.5 Å². The first-order valence-electron chi connectivity index (χ1n) is 5.57. The van der Waals surface area contributed by atoms with Crippen LogP contribution in [0.1, 0.15) is 11.1 Å². The van der Waals surface area contributed by atoms with Crippen LogP contribution in [0.3, 0.4) is 0 Å². The van der Waals surface area contributed by atoms with E-state index in [2.05, 4.69) is 0 Å². The standard InChI is InChI=1S/C14H12F3NO/c1-9-5-6-13(12(18)7-9)19-11-4-2-3-10(8-11)14(15,16)17/h2-8H,18H2,1H3. The summed E-state index contributed by atoms with van der Waals surface area (Å²) in [6.45, 7) is 1.87. The molecule has 0 radical (unpaired) electrons. The van der Waals surface area contributed by atoms with Gasteiger partial charge in [0.1, 0.15) is 11.5 Å². The third kappa shape index (κ3) is 3.19. The average Bonchev–Trinajstić information content (AvgIpc) is 2.32. The second kappa shape index (κ2) is 4.84. The Balaban J connectivity index is 2.29. The number of ether oxygens (including phenoxy) is 1. The summed E-state index contributed by atoms with van der Waals surface area (Å²) >= 11 is 0. The molecule has 100 valence electrons. The van der Waals surface area contributed by atoms with Gasteiger partial charge in [-0.3, -0.25) is 0 Å². The molecule has 2 rings (SSSR count). The Morgan fingerprint density at radius 2 is 1.79 bits per heavy atom. The Hall–Kier alpha value is -2.17. The predicted octanol–water partition coefficient (Wildman–Crippen LogP) is 4.39. The quantitative estimate of drug-likeness (QED) is 0.819. The molecule has 0 saturated carbocycles. The summed E-state index contributed by atoms with van der Waals surface area (Å²) in [5, 5.41) is 0. The van der Waals surface area contributed by atoms with Gasteiger partial charge in [-0.1, -0.05) is 12.1 Å². The van der Waals surface area contributed by atoms with Gasteiger partial charge < -0.3 is 10.5 Å². The fourth-order valence-electron chi connectivity index (χ4n) is 1.62. The number of anilines is 1. The van der Waals surface area contributed by atoms with E-state index in [-0.39, 0.29) is 5.75 Å². The molecule has 0 fully saturated rings. The van der Waals surface area contributed by atoms with Crippen LogP contribution in [0, 0.1) is 6.92 Å². The van der Waals surface area contributed by atoms with Crippen molar-refractivity contribution in [3.63, 3.8) is 0 Å². The van der Waals surface area contributed by atoms with E-state index in [1.807, 2.05) is 6.92 Å². The maximum absolute atomic E-state index is 12.6. The summed E-state index contributed by atoms with van der Waals surface area (Å²) in [4.78, 5) is 0. The van der Waals surface area contributed by atoms with Crippen LogP contribution >= 0.6 is 0 Å². The van der Waals surface area contributed by atoms with Gasteiger partial charge in [0.2, 0.25) is 0 Å². The van der Waals surface area contributed by atoms with E-state index in [0.29, 0.717) is 11.4 Å². The number of aryl methyl sites for hydroxylation is 1. The van der Waals surface area contributed by atoms with Gasteiger partial charge in [0.05, 0.1) is 11.3 Å². The zero-order valence-electron chi connectivity index (χ0n) is 10.2. The average molecular weight is 267 g/mol. The molecule has 19 heavy (non-hydrogen) atoms. The number of nitrogens with two attached hydrogens (primary N) is 1. The molecular formula is C14H12F3NO. The van der Waals surface area contributed by atoms with Crippen molar-refractivity contribution in [2.24, 2.45) is 0 Å². The topological polar surface area (TPSA) is 35.2 Å². The summed E-state index contributed by atoms with van der Waals surface area (Å²) in [5.74, 6) is 0.440. The van der Waals surface area contributed by atoms with Crippen molar-refractivity contribution >= 4 is 5.69 Å². The molecule has 2 nitrogen and oxygen atoms in total. The van der Waals surface area contributed by atoms with Crippen molar-refractivity contribution in [3.8, 4) is 11.5 Å². The molecule has 2 aromatic carbocycles. The van der Waals surface area contributed by atoms with Crippen molar-refractivity contribution in [3.05, 3.63) is 53.6 Å². The number of alkyl halides is 3. The first-order valence-corrected chi connectivity index (χ1v) is 5.57. The fraction of sp³-hybridized carbons (Fsp3) is 0.143. The maximum Gasteiger partial charge on any atom is 0.416 e. The summed E-state index contributed by atoms with van der Waals surface area (Å²) < 4.78 is 43.1. The lowest BCUT2D eigenvalue weighted by Crippen LogP contribution is -2.04. The molecule has 0 amide bonds. The van der Waals surface area contributed by atoms with Gasteiger partial charge >= 0.3 is 6.18 Å². The fourth-order valence-corrected chi connectivity index (χ4v) is 1.62. The third-order valence-corrected chi connectivity index (χ3v) is 2.55. The van der Waals surface area contributed by atoms with Gasteiger partial charge in [0.15, 0.2) is 0 Å². The molecule has 5 heteroatoms. The first kappa shape index (κ1) is 13.3. The molecule has 0 heterocycles. The monoisotopic (exact) mass is 267 g/mol. The Bertz CT molecular complexity index is 593.